The second kappa shape index (κ2) is 3.77. The molecule has 0 unspecified atom stereocenters. The molecule has 0 bridgehead atoms. The largest absolute Gasteiger partial charge is 0.0984 e. The first kappa shape index (κ1) is 7.80. The number of rotatable bonds is 2. The fourth-order valence-electron chi connectivity index (χ4n) is 1.03. The minimum atomic E-state index is 1.19. The predicted octanol–water partition coefficient (Wildman–Crippen LogP) is 3.36. The molecule has 0 aromatic heterocycles. The van der Waals surface area contributed by atoms with E-state index in [2.05, 4.69) is 24.8 Å². The SMILES string of the molecule is C=Cc1ccccc1/C=C/C. The summed E-state index contributed by atoms with van der Waals surface area (Å²) in [5.74, 6) is 0. The van der Waals surface area contributed by atoms with E-state index in [9.17, 15) is 0 Å². The summed E-state index contributed by atoms with van der Waals surface area (Å²) in [7, 11) is 0. The standard InChI is InChI=1S/C11H12/c1-3-7-11-9-6-5-8-10(11)4-2/h3-9H,2H2,1H3/b7-3+. The fraction of sp³-hybridized carbons (Fsp3) is 0.0909. The molecule has 0 aliphatic heterocycles. The lowest BCUT2D eigenvalue weighted by Crippen LogP contribution is -1.76. The third kappa shape index (κ3) is 1.81. The first-order chi connectivity index (χ1) is 5.38. The van der Waals surface area contributed by atoms with Gasteiger partial charge in [-0.15, -0.1) is 0 Å². The Bertz CT molecular complexity index is 269. The average molecular weight is 144 g/mol. The van der Waals surface area contributed by atoms with Gasteiger partial charge in [-0.25, -0.2) is 0 Å². The molecule has 11 heavy (non-hydrogen) atoms. The van der Waals surface area contributed by atoms with Crippen LogP contribution in [-0.4, -0.2) is 0 Å². The molecule has 0 nitrogen and oxygen atoms in total. The van der Waals surface area contributed by atoms with Gasteiger partial charge in [-0.05, 0) is 18.1 Å². The lowest BCUT2D eigenvalue weighted by molar-refractivity contribution is 1.60. The van der Waals surface area contributed by atoms with Crippen LogP contribution in [0.1, 0.15) is 18.1 Å². The molecule has 0 aliphatic rings. The minimum Gasteiger partial charge on any atom is -0.0984 e. The highest BCUT2D eigenvalue weighted by Gasteiger charge is 1.90. The van der Waals surface area contributed by atoms with Crippen LogP contribution in [-0.2, 0) is 0 Å². The van der Waals surface area contributed by atoms with Crippen LogP contribution in [0.3, 0.4) is 0 Å². The van der Waals surface area contributed by atoms with Gasteiger partial charge in [0.2, 0.25) is 0 Å². The van der Waals surface area contributed by atoms with Gasteiger partial charge in [0.05, 0.1) is 0 Å². The number of benzene rings is 1. The molecule has 0 heteroatoms. The van der Waals surface area contributed by atoms with E-state index in [1.807, 2.05) is 31.2 Å². The highest BCUT2D eigenvalue weighted by Crippen LogP contribution is 2.11. The van der Waals surface area contributed by atoms with E-state index in [4.69, 9.17) is 0 Å². The second-order valence-corrected chi connectivity index (χ2v) is 2.33. The molecule has 0 amide bonds. The van der Waals surface area contributed by atoms with E-state index in [0.29, 0.717) is 0 Å². The van der Waals surface area contributed by atoms with E-state index in [1.54, 1.807) is 0 Å². The van der Waals surface area contributed by atoms with E-state index in [-0.39, 0.29) is 0 Å². The Morgan fingerprint density at radius 3 is 2.36 bits per heavy atom. The molecule has 1 aromatic rings. The van der Waals surface area contributed by atoms with Gasteiger partial charge in [0.15, 0.2) is 0 Å². The van der Waals surface area contributed by atoms with Crippen molar-refractivity contribution in [2.45, 2.75) is 6.92 Å². The summed E-state index contributed by atoms with van der Waals surface area (Å²) >= 11 is 0. The summed E-state index contributed by atoms with van der Waals surface area (Å²) in [6.07, 6.45) is 5.98. The van der Waals surface area contributed by atoms with Crippen molar-refractivity contribution in [1.29, 1.82) is 0 Å². The van der Waals surface area contributed by atoms with E-state index in [1.165, 1.54) is 11.1 Å². The molecular formula is C11H12. The zero-order valence-corrected chi connectivity index (χ0v) is 6.75. The van der Waals surface area contributed by atoms with Crippen LogP contribution in [0.5, 0.6) is 0 Å². The molecule has 0 saturated carbocycles. The average Bonchev–Trinajstić information content (AvgIpc) is 2.06. The van der Waals surface area contributed by atoms with Crippen molar-refractivity contribution in [2.75, 3.05) is 0 Å². The highest BCUT2D eigenvalue weighted by atomic mass is 13.9. The smallest absolute Gasteiger partial charge is 0.0188 e. The zero-order valence-electron chi connectivity index (χ0n) is 6.75. The molecule has 0 atom stereocenters. The molecule has 0 aliphatic carbocycles. The number of hydrogen-bond acceptors (Lipinski definition) is 0. The van der Waals surface area contributed by atoms with Gasteiger partial charge in [-0.3, -0.25) is 0 Å². The molecule has 1 aromatic carbocycles. The Kier molecular flexibility index (Phi) is 2.67. The Labute approximate surface area is 67.9 Å². The van der Waals surface area contributed by atoms with Crippen molar-refractivity contribution in [3.8, 4) is 0 Å². The summed E-state index contributed by atoms with van der Waals surface area (Å²) in [5.41, 5.74) is 2.41. The van der Waals surface area contributed by atoms with Gasteiger partial charge in [-0.2, -0.15) is 0 Å². The molecule has 0 radical (unpaired) electrons. The van der Waals surface area contributed by atoms with E-state index >= 15 is 0 Å². The highest BCUT2D eigenvalue weighted by molar-refractivity contribution is 5.63. The lowest BCUT2D eigenvalue weighted by Gasteiger charge is -1.97. The van der Waals surface area contributed by atoms with Crippen LogP contribution in [0.25, 0.3) is 12.2 Å². The third-order valence-electron chi connectivity index (χ3n) is 1.56. The summed E-state index contributed by atoms with van der Waals surface area (Å²) in [5, 5.41) is 0. The van der Waals surface area contributed by atoms with Crippen molar-refractivity contribution in [3.63, 3.8) is 0 Å². The maximum atomic E-state index is 3.74. The van der Waals surface area contributed by atoms with Crippen molar-refractivity contribution in [1.82, 2.24) is 0 Å². The van der Waals surface area contributed by atoms with Crippen LogP contribution in [0.15, 0.2) is 36.9 Å². The van der Waals surface area contributed by atoms with Crippen LogP contribution >= 0.6 is 0 Å². The molecule has 0 fully saturated rings. The van der Waals surface area contributed by atoms with Crippen LogP contribution in [0, 0.1) is 0 Å². The monoisotopic (exact) mass is 144 g/mol. The summed E-state index contributed by atoms with van der Waals surface area (Å²) in [6, 6.07) is 8.19. The van der Waals surface area contributed by atoms with Gasteiger partial charge in [0, 0.05) is 0 Å². The Morgan fingerprint density at radius 1 is 1.18 bits per heavy atom. The molecule has 1 rings (SSSR count). The van der Waals surface area contributed by atoms with Gasteiger partial charge in [0.1, 0.15) is 0 Å². The molecule has 0 N–H and O–H groups in total. The van der Waals surface area contributed by atoms with Crippen LogP contribution in [0.2, 0.25) is 0 Å². The summed E-state index contributed by atoms with van der Waals surface area (Å²) in [4.78, 5) is 0. The quantitative estimate of drug-likeness (QED) is 0.597. The second-order valence-electron chi connectivity index (χ2n) is 2.33. The first-order valence-electron chi connectivity index (χ1n) is 3.72. The lowest BCUT2D eigenvalue weighted by atomic mass is 10.1. The first-order valence-corrected chi connectivity index (χ1v) is 3.72. The summed E-state index contributed by atoms with van der Waals surface area (Å²) < 4.78 is 0. The van der Waals surface area contributed by atoms with Crippen molar-refractivity contribution < 1.29 is 0 Å². The van der Waals surface area contributed by atoms with Crippen molar-refractivity contribution >= 4 is 12.2 Å². The maximum Gasteiger partial charge on any atom is -0.0188 e. The predicted molar refractivity (Wildman–Crippen MR) is 51.2 cm³/mol. The van der Waals surface area contributed by atoms with Crippen LogP contribution in [0.4, 0.5) is 0 Å². The molecule has 0 spiro atoms. The molecule has 56 valence electrons. The van der Waals surface area contributed by atoms with Gasteiger partial charge < -0.3 is 0 Å². The van der Waals surface area contributed by atoms with Gasteiger partial charge in [0.25, 0.3) is 0 Å². The Morgan fingerprint density at radius 2 is 1.82 bits per heavy atom. The topological polar surface area (TPSA) is 0 Å². The zero-order chi connectivity index (χ0) is 8.10. The van der Waals surface area contributed by atoms with Crippen molar-refractivity contribution in [2.24, 2.45) is 0 Å². The number of allylic oxidation sites excluding steroid dienone is 1. The van der Waals surface area contributed by atoms with Gasteiger partial charge in [-0.1, -0.05) is 49.1 Å². The van der Waals surface area contributed by atoms with Crippen LogP contribution < -0.4 is 0 Å². The third-order valence-corrected chi connectivity index (χ3v) is 1.56. The Balaban J connectivity index is 3.11. The van der Waals surface area contributed by atoms with Gasteiger partial charge >= 0.3 is 0 Å². The molecular weight excluding hydrogens is 132 g/mol. The van der Waals surface area contributed by atoms with E-state index < -0.39 is 0 Å². The van der Waals surface area contributed by atoms with E-state index in [0.717, 1.165) is 0 Å². The fourth-order valence-corrected chi connectivity index (χ4v) is 1.03. The minimum absolute atomic E-state index is 1.19. The normalized spacial score (nSPS) is 10.3. The van der Waals surface area contributed by atoms with Crippen molar-refractivity contribution in [3.05, 3.63) is 48.0 Å². The number of hydrogen-bond donors (Lipinski definition) is 0. The summed E-state index contributed by atoms with van der Waals surface area (Å²) in [6.45, 7) is 5.75. The maximum absolute atomic E-state index is 3.74. The molecule has 0 saturated heterocycles. The molecule has 0 heterocycles. The Hall–Kier alpha value is -1.30.